The van der Waals surface area contributed by atoms with E-state index in [1.54, 1.807) is 0 Å². The molecule has 1 heterocycles. The molecule has 0 fully saturated rings. The van der Waals surface area contributed by atoms with Gasteiger partial charge in [0, 0.05) is 0 Å². The first-order valence-corrected chi connectivity index (χ1v) is 5.48. The summed E-state index contributed by atoms with van der Waals surface area (Å²) in [6.07, 6.45) is 0. The SMILES string of the molecule is COc1ccc(F)c(-c2ccc(N)c(C(=O)O)n2)c1F. The number of carbonyl (C=O) groups is 1. The number of aromatic carboxylic acids is 1. The molecule has 0 aliphatic rings. The van der Waals surface area contributed by atoms with E-state index in [2.05, 4.69) is 4.98 Å². The number of hydrogen-bond donors (Lipinski definition) is 2. The number of anilines is 1. The molecule has 3 N–H and O–H groups in total. The number of hydrogen-bond acceptors (Lipinski definition) is 4. The van der Waals surface area contributed by atoms with Crippen LogP contribution in [0.5, 0.6) is 5.75 Å². The Labute approximate surface area is 112 Å². The second-order valence-electron chi connectivity index (χ2n) is 3.88. The van der Waals surface area contributed by atoms with Crippen molar-refractivity contribution in [2.45, 2.75) is 0 Å². The molecule has 0 aliphatic carbocycles. The summed E-state index contributed by atoms with van der Waals surface area (Å²) in [5.41, 5.74) is 4.24. The molecular weight excluding hydrogens is 270 g/mol. The highest BCUT2D eigenvalue weighted by molar-refractivity contribution is 5.92. The molecule has 0 bridgehead atoms. The number of nitrogens with zero attached hydrogens (tertiary/aromatic N) is 1. The Kier molecular flexibility index (Phi) is 3.51. The number of methoxy groups -OCH3 is 1. The van der Waals surface area contributed by atoms with Gasteiger partial charge in [0.05, 0.1) is 24.1 Å². The quantitative estimate of drug-likeness (QED) is 0.901. The summed E-state index contributed by atoms with van der Waals surface area (Å²) in [5.74, 6) is -3.39. The molecule has 0 saturated carbocycles. The highest BCUT2D eigenvalue weighted by atomic mass is 19.1. The number of ether oxygens (including phenoxy) is 1. The van der Waals surface area contributed by atoms with Crippen molar-refractivity contribution in [2.24, 2.45) is 0 Å². The molecule has 1 aromatic carbocycles. The van der Waals surface area contributed by atoms with Gasteiger partial charge in [0.25, 0.3) is 0 Å². The molecule has 0 saturated heterocycles. The van der Waals surface area contributed by atoms with Crippen LogP contribution in [-0.2, 0) is 0 Å². The summed E-state index contributed by atoms with van der Waals surface area (Å²) >= 11 is 0. The second kappa shape index (κ2) is 5.12. The molecule has 1 aromatic heterocycles. The van der Waals surface area contributed by atoms with Crippen LogP contribution in [0.25, 0.3) is 11.3 Å². The molecule has 0 radical (unpaired) electrons. The first kappa shape index (κ1) is 13.7. The third kappa shape index (κ3) is 2.25. The molecule has 2 rings (SSSR count). The maximum atomic E-state index is 14.1. The monoisotopic (exact) mass is 280 g/mol. The Morgan fingerprint density at radius 1 is 1.30 bits per heavy atom. The average molecular weight is 280 g/mol. The van der Waals surface area contributed by atoms with Crippen molar-refractivity contribution in [3.05, 3.63) is 41.6 Å². The van der Waals surface area contributed by atoms with E-state index >= 15 is 0 Å². The summed E-state index contributed by atoms with van der Waals surface area (Å²) in [6, 6.07) is 4.60. The van der Waals surface area contributed by atoms with Crippen molar-refractivity contribution < 1.29 is 23.4 Å². The minimum absolute atomic E-state index is 0.0926. The van der Waals surface area contributed by atoms with Crippen LogP contribution in [0.2, 0.25) is 0 Å². The molecule has 0 aliphatic heterocycles. The highest BCUT2D eigenvalue weighted by Gasteiger charge is 2.19. The summed E-state index contributed by atoms with van der Waals surface area (Å²) in [6.45, 7) is 0. The lowest BCUT2D eigenvalue weighted by Gasteiger charge is -2.09. The Hall–Kier alpha value is -2.70. The maximum absolute atomic E-state index is 14.1. The van der Waals surface area contributed by atoms with Crippen LogP contribution < -0.4 is 10.5 Å². The summed E-state index contributed by atoms with van der Waals surface area (Å²) in [4.78, 5) is 14.6. The standard InChI is InChI=1S/C13H10F2N2O3/c1-20-9-5-2-6(14)10(11(9)15)8-4-3-7(16)12(17-8)13(18)19/h2-5H,16H2,1H3,(H,18,19). The van der Waals surface area contributed by atoms with Crippen LogP contribution in [0.4, 0.5) is 14.5 Å². The molecule has 0 amide bonds. The van der Waals surface area contributed by atoms with Gasteiger partial charge in [0.1, 0.15) is 5.82 Å². The Bertz CT molecular complexity index is 690. The Morgan fingerprint density at radius 2 is 2.00 bits per heavy atom. The molecule has 20 heavy (non-hydrogen) atoms. The van der Waals surface area contributed by atoms with Gasteiger partial charge >= 0.3 is 5.97 Å². The average Bonchev–Trinajstić information content (AvgIpc) is 2.40. The number of carboxylic acid groups (broad SMARTS) is 1. The minimum Gasteiger partial charge on any atom is -0.494 e. The fourth-order valence-electron chi connectivity index (χ4n) is 1.71. The van der Waals surface area contributed by atoms with Crippen LogP contribution in [-0.4, -0.2) is 23.2 Å². The van der Waals surface area contributed by atoms with Crippen molar-refractivity contribution in [1.82, 2.24) is 4.98 Å². The lowest BCUT2D eigenvalue weighted by molar-refractivity contribution is 0.0692. The molecule has 2 aromatic rings. The van der Waals surface area contributed by atoms with Gasteiger partial charge < -0.3 is 15.6 Å². The van der Waals surface area contributed by atoms with Gasteiger partial charge in [0.2, 0.25) is 0 Å². The normalized spacial score (nSPS) is 10.3. The van der Waals surface area contributed by atoms with E-state index in [0.717, 1.165) is 12.1 Å². The predicted octanol–water partition coefficient (Wildman–Crippen LogP) is 2.32. The van der Waals surface area contributed by atoms with Crippen molar-refractivity contribution >= 4 is 11.7 Å². The minimum atomic E-state index is -1.38. The summed E-state index contributed by atoms with van der Waals surface area (Å²) in [7, 11) is 1.24. The largest absolute Gasteiger partial charge is 0.494 e. The number of carboxylic acids is 1. The first-order valence-electron chi connectivity index (χ1n) is 5.48. The van der Waals surface area contributed by atoms with Gasteiger partial charge in [-0.3, -0.25) is 0 Å². The number of benzene rings is 1. The number of nitrogens with two attached hydrogens (primary N) is 1. The van der Waals surface area contributed by atoms with Crippen molar-refractivity contribution in [3.63, 3.8) is 0 Å². The zero-order valence-electron chi connectivity index (χ0n) is 10.4. The van der Waals surface area contributed by atoms with Gasteiger partial charge in [-0.1, -0.05) is 0 Å². The number of halogens is 2. The lowest BCUT2D eigenvalue weighted by atomic mass is 10.1. The van der Waals surface area contributed by atoms with E-state index < -0.39 is 28.9 Å². The van der Waals surface area contributed by atoms with Crippen LogP contribution in [0.1, 0.15) is 10.5 Å². The molecule has 5 nitrogen and oxygen atoms in total. The Balaban J connectivity index is 2.68. The van der Waals surface area contributed by atoms with Gasteiger partial charge in [-0.15, -0.1) is 0 Å². The topological polar surface area (TPSA) is 85.4 Å². The summed E-state index contributed by atoms with van der Waals surface area (Å²) in [5, 5.41) is 8.92. The second-order valence-corrected chi connectivity index (χ2v) is 3.88. The maximum Gasteiger partial charge on any atom is 0.356 e. The number of aromatic nitrogens is 1. The van der Waals surface area contributed by atoms with Gasteiger partial charge in [-0.2, -0.15) is 0 Å². The highest BCUT2D eigenvalue weighted by Crippen LogP contribution is 2.31. The number of pyridine rings is 1. The van der Waals surface area contributed by atoms with Crippen LogP contribution >= 0.6 is 0 Å². The van der Waals surface area contributed by atoms with E-state index in [0.29, 0.717) is 0 Å². The smallest absolute Gasteiger partial charge is 0.356 e. The van der Waals surface area contributed by atoms with Gasteiger partial charge in [-0.05, 0) is 24.3 Å². The number of nitrogen functional groups attached to an aromatic ring is 1. The molecule has 104 valence electrons. The third-order valence-electron chi connectivity index (χ3n) is 2.66. The van der Waals surface area contributed by atoms with E-state index in [-0.39, 0.29) is 17.1 Å². The zero-order valence-corrected chi connectivity index (χ0v) is 10.4. The van der Waals surface area contributed by atoms with Gasteiger partial charge in [0.15, 0.2) is 17.3 Å². The van der Waals surface area contributed by atoms with E-state index in [1.165, 1.54) is 19.2 Å². The number of rotatable bonds is 3. The van der Waals surface area contributed by atoms with Crippen LogP contribution in [0.15, 0.2) is 24.3 Å². The van der Waals surface area contributed by atoms with E-state index in [9.17, 15) is 13.6 Å². The van der Waals surface area contributed by atoms with Crippen molar-refractivity contribution in [2.75, 3.05) is 12.8 Å². The first-order chi connectivity index (χ1) is 9.45. The third-order valence-corrected chi connectivity index (χ3v) is 2.66. The fraction of sp³-hybridized carbons (Fsp3) is 0.0769. The predicted molar refractivity (Wildman–Crippen MR) is 67.5 cm³/mol. The molecular formula is C13H10F2N2O3. The molecule has 7 heteroatoms. The lowest BCUT2D eigenvalue weighted by Crippen LogP contribution is -2.07. The van der Waals surface area contributed by atoms with Crippen LogP contribution in [0.3, 0.4) is 0 Å². The molecule has 0 spiro atoms. The van der Waals surface area contributed by atoms with Crippen molar-refractivity contribution in [3.8, 4) is 17.0 Å². The fourth-order valence-corrected chi connectivity index (χ4v) is 1.71. The van der Waals surface area contributed by atoms with E-state index in [1.807, 2.05) is 0 Å². The molecule has 0 atom stereocenters. The van der Waals surface area contributed by atoms with Crippen LogP contribution in [0, 0.1) is 11.6 Å². The zero-order chi connectivity index (χ0) is 14.9. The van der Waals surface area contributed by atoms with Crippen molar-refractivity contribution in [1.29, 1.82) is 0 Å². The summed E-state index contributed by atoms with van der Waals surface area (Å²) < 4.78 is 32.6. The molecule has 0 unspecified atom stereocenters. The van der Waals surface area contributed by atoms with Gasteiger partial charge in [-0.25, -0.2) is 18.6 Å². The Morgan fingerprint density at radius 3 is 2.60 bits per heavy atom. The van der Waals surface area contributed by atoms with E-state index in [4.69, 9.17) is 15.6 Å².